The zero-order valence-electron chi connectivity index (χ0n) is 14.9. The van der Waals surface area contributed by atoms with E-state index in [1.807, 2.05) is 54.6 Å². The molecular formula is C23H20N2O2. The van der Waals surface area contributed by atoms with Crippen LogP contribution in [0.1, 0.15) is 17.5 Å². The minimum absolute atomic E-state index is 0.136. The van der Waals surface area contributed by atoms with E-state index in [-0.39, 0.29) is 24.3 Å². The fourth-order valence-electron chi connectivity index (χ4n) is 4.31. The van der Waals surface area contributed by atoms with E-state index in [1.54, 1.807) is 0 Å². The van der Waals surface area contributed by atoms with Crippen molar-refractivity contribution in [3.63, 3.8) is 0 Å². The van der Waals surface area contributed by atoms with Crippen molar-refractivity contribution in [3.05, 3.63) is 77.9 Å². The number of hydrogen-bond acceptors (Lipinski definition) is 3. The Morgan fingerprint density at radius 1 is 0.778 bits per heavy atom. The first kappa shape index (κ1) is 16.2. The van der Waals surface area contributed by atoms with Crippen LogP contribution in [0.4, 0.5) is 5.69 Å². The molecule has 4 heteroatoms. The highest BCUT2D eigenvalue weighted by Crippen LogP contribution is 2.28. The molecule has 1 unspecified atom stereocenters. The first-order valence-electron chi connectivity index (χ1n) is 9.37. The van der Waals surface area contributed by atoms with Crippen LogP contribution >= 0.6 is 0 Å². The number of fused-ring (bicyclic) bond motifs is 2. The van der Waals surface area contributed by atoms with Crippen LogP contribution in [0.15, 0.2) is 66.7 Å². The molecule has 1 heterocycles. The van der Waals surface area contributed by atoms with Crippen molar-refractivity contribution in [1.82, 2.24) is 5.32 Å². The largest absolute Gasteiger partial charge is 0.302 e. The molecule has 1 aliphatic carbocycles. The number of rotatable bonds is 3. The lowest BCUT2D eigenvalue weighted by atomic mass is 10.1. The highest BCUT2D eigenvalue weighted by atomic mass is 16.2. The molecule has 0 radical (unpaired) electrons. The number of anilines is 1. The second-order valence-electron chi connectivity index (χ2n) is 7.40. The Bertz CT molecular complexity index is 1030. The summed E-state index contributed by atoms with van der Waals surface area (Å²) in [6.07, 6.45) is 2.03. The molecule has 3 aromatic rings. The zero-order valence-corrected chi connectivity index (χ0v) is 14.9. The number of hydrogen-bond donors (Lipinski definition) is 1. The van der Waals surface area contributed by atoms with E-state index in [0.717, 1.165) is 23.6 Å². The van der Waals surface area contributed by atoms with Gasteiger partial charge in [-0.2, -0.15) is 0 Å². The Kier molecular flexibility index (Phi) is 3.80. The molecule has 1 atom stereocenters. The van der Waals surface area contributed by atoms with Gasteiger partial charge >= 0.3 is 0 Å². The maximum absolute atomic E-state index is 13.0. The molecule has 4 nitrogen and oxygen atoms in total. The van der Waals surface area contributed by atoms with Gasteiger partial charge in [0.15, 0.2) is 0 Å². The number of carbonyl (C=O) groups is 2. The van der Waals surface area contributed by atoms with Crippen LogP contribution in [0.2, 0.25) is 0 Å². The highest BCUT2D eigenvalue weighted by molar-refractivity contribution is 6.22. The summed E-state index contributed by atoms with van der Waals surface area (Å²) in [5.74, 6) is -0.283. The first-order valence-corrected chi connectivity index (χ1v) is 9.37. The molecule has 1 fully saturated rings. The van der Waals surface area contributed by atoms with Crippen molar-refractivity contribution >= 4 is 28.3 Å². The summed E-state index contributed by atoms with van der Waals surface area (Å²) in [5.41, 5.74) is 3.32. The smallest absolute Gasteiger partial charge is 0.251 e. The van der Waals surface area contributed by atoms with Crippen LogP contribution < -0.4 is 10.2 Å². The van der Waals surface area contributed by atoms with E-state index in [9.17, 15) is 9.59 Å². The minimum atomic E-state index is -0.441. The van der Waals surface area contributed by atoms with Gasteiger partial charge in [0, 0.05) is 6.04 Å². The number of imide groups is 1. The second kappa shape index (κ2) is 6.32. The summed E-state index contributed by atoms with van der Waals surface area (Å²) >= 11 is 0. The van der Waals surface area contributed by atoms with Crippen LogP contribution in [0.5, 0.6) is 0 Å². The Morgan fingerprint density at radius 2 is 1.44 bits per heavy atom. The van der Waals surface area contributed by atoms with Crippen LogP contribution in [0.3, 0.4) is 0 Å². The Balaban J connectivity index is 1.35. The molecule has 2 amide bonds. The standard InChI is InChI=1S/C23H20N2O2/c26-22-14-21(24-19-11-16-6-3-4-7-17(16)12-19)23(27)25(22)20-10-9-15-5-1-2-8-18(15)13-20/h1-10,13,19,21,24H,11-12,14H2. The van der Waals surface area contributed by atoms with E-state index in [4.69, 9.17) is 0 Å². The van der Waals surface area contributed by atoms with Gasteiger partial charge in [-0.1, -0.05) is 54.6 Å². The van der Waals surface area contributed by atoms with Gasteiger partial charge < -0.3 is 5.32 Å². The maximum Gasteiger partial charge on any atom is 0.251 e. The van der Waals surface area contributed by atoms with Crippen molar-refractivity contribution in [2.24, 2.45) is 0 Å². The van der Waals surface area contributed by atoms with Crippen LogP contribution in [-0.4, -0.2) is 23.9 Å². The molecule has 27 heavy (non-hydrogen) atoms. The Hall–Kier alpha value is -2.98. The summed E-state index contributed by atoms with van der Waals surface area (Å²) in [6, 6.07) is 21.8. The number of nitrogens with one attached hydrogen (secondary N) is 1. The predicted octanol–water partition coefficient (Wildman–Crippen LogP) is 3.23. The van der Waals surface area contributed by atoms with Crippen LogP contribution in [0.25, 0.3) is 10.8 Å². The molecule has 0 aromatic heterocycles. The molecule has 5 rings (SSSR count). The van der Waals surface area contributed by atoms with Gasteiger partial charge in [-0.3, -0.25) is 9.59 Å². The summed E-state index contributed by atoms with van der Waals surface area (Å²) in [4.78, 5) is 26.9. The van der Waals surface area contributed by atoms with E-state index in [1.165, 1.54) is 16.0 Å². The second-order valence-corrected chi connectivity index (χ2v) is 7.40. The summed E-state index contributed by atoms with van der Waals surface area (Å²) in [6.45, 7) is 0. The van der Waals surface area contributed by atoms with Crippen molar-refractivity contribution < 1.29 is 9.59 Å². The maximum atomic E-state index is 13.0. The van der Waals surface area contributed by atoms with Crippen LogP contribution in [0, 0.1) is 0 Å². The molecular weight excluding hydrogens is 336 g/mol. The fourth-order valence-corrected chi connectivity index (χ4v) is 4.31. The van der Waals surface area contributed by atoms with E-state index >= 15 is 0 Å². The summed E-state index contributed by atoms with van der Waals surface area (Å²) in [7, 11) is 0. The topological polar surface area (TPSA) is 49.4 Å². The lowest BCUT2D eigenvalue weighted by Crippen LogP contribution is -2.44. The molecule has 0 spiro atoms. The van der Waals surface area contributed by atoms with Crippen molar-refractivity contribution in [2.75, 3.05) is 4.90 Å². The van der Waals surface area contributed by atoms with Gasteiger partial charge in [0.1, 0.15) is 0 Å². The van der Waals surface area contributed by atoms with Gasteiger partial charge in [-0.05, 0) is 46.9 Å². The Labute approximate surface area is 157 Å². The molecule has 0 bridgehead atoms. The van der Waals surface area contributed by atoms with Gasteiger partial charge in [0.2, 0.25) is 5.91 Å². The minimum Gasteiger partial charge on any atom is -0.302 e. The third-order valence-electron chi connectivity index (χ3n) is 5.63. The lowest BCUT2D eigenvalue weighted by Gasteiger charge is -2.19. The third-order valence-corrected chi connectivity index (χ3v) is 5.63. The normalized spacial score (nSPS) is 19.9. The van der Waals surface area contributed by atoms with Gasteiger partial charge in [0.05, 0.1) is 18.2 Å². The highest BCUT2D eigenvalue weighted by Gasteiger charge is 2.41. The van der Waals surface area contributed by atoms with E-state index in [2.05, 4.69) is 17.4 Å². The molecule has 1 aliphatic heterocycles. The SMILES string of the molecule is O=C1CC(NC2Cc3ccccc3C2)C(=O)N1c1ccc2ccccc2c1. The molecule has 134 valence electrons. The van der Waals surface area contributed by atoms with Gasteiger partial charge in [-0.15, -0.1) is 0 Å². The van der Waals surface area contributed by atoms with Gasteiger partial charge in [-0.25, -0.2) is 4.90 Å². The molecule has 1 N–H and O–H groups in total. The number of carbonyl (C=O) groups excluding carboxylic acids is 2. The third kappa shape index (κ3) is 2.82. The number of amides is 2. The zero-order chi connectivity index (χ0) is 18.4. The average Bonchev–Trinajstić information content (AvgIpc) is 3.21. The molecule has 2 aliphatic rings. The van der Waals surface area contributed by atoms with Crippen molar-refractivity contribution in [1.29, 1.82) is 0 Å². The predicted molar refractivity (Wildman–Crippen MR) is 106 cm³/mol. The first-order chi connectivity index (χ1) is 13.2. The molecule has 1 saturated heterocycles. The number of nitrogens with zero attached hydrogens (tertiary/aromatic N) is 1. The Morgan fingerprint density at radius 3 is 2.19 bits per heavy atom. The van der Waals surface area contributed by atoms with Crippen molar-refractivity contribution in [3.8, 4) is 0 Å². The monoisotopic (exact) mass is 356 g/mol. The van der Waals surface area contributed by atoms with E-state index < -0.39 is 6.04 Å². The van der Waals surface area contributed by atoms with Gasteiger partial charge in [0.25, 0.3) is 5.91 Å². The molecule has 0 saturated carbocycles. The average molecular weight is 356 g/mol. The quantitative estimate of drug-likeness (QED) is 0.733. The molecule has 3 aromatic carbocycles. The van der Waals surface area contributed by atoms with Crippen molar-refractivity contribution in [2.45, 2.75) is 31.3 Å². The van der Waals surface area contributed by atoms with E-state index in [0.29, 0.717) is 5.69 Å². The summed E-state index contributed by atoms with van der Waals surface area (Å²) < 4.78 is 0. The summed E-state index contributed by atoms with van der Waals surface area (Å²) in [5, 5.41) is 5.55. The lowest BCUT2D eigenvalue weighted by molar-refractivity contribution is -0.121. The van der Waals surface area contributed by atoms with Crippen LogP contribution in [-0.2, 0) is 22.4 Å². The fraction of sp³-hybridized carbons (Fsp3) is 0.217. The number of benzene rings is 3.